The highest BCUT2D eigenvalue weighted by molar-refractivity contribution is 7.98. The van der Waals surface area contributed by atoms with Gasteiger partial charge in [0.15, 0.2) is 0 Å². The molecule has 0 aliphatic rings. The maximum atomic E-state index is 13.4. The molecule has 0 aliphatic heterocycles. The van der Waals surface area contributed by atoms with Gasteiger partial charge in [0, 0.05) is 23.9 Å². The molecule has 164 valence electrons. The van der Waals surface area contributed by atoms with Gasteiger partial charge in [-0.2, -0.15) is 38.1 Å². The van der Waals surface area contributed by atoms with Crippen molar-refractivity contribution in [3.05, 3.63) is 65.2 Å². The average Bonchev–Trinajstić information content (AvgIpc) is 2.64. The first-order valence-electron chi connectivity index (χ1n) is 8.28. The maximum Gasteiger partial charge on any atom is 0.416 e. The van der Waals surface area contributed by atoms with Crippen molar-refractivity contribution in [1.82, 2.24) is 10.3 Å². The van der Waals surface area contributed by atoms with E-state index in [1.807, 2.05) is 5.32 Å². The number of hydrogen-bond donors (Lipinski definition) is 2. The Morgan fingerprint density at radius 1 is 1.10 bits per heavy atom. The van der Waals surface area contributed by atoms with Crippen LogP contribution in [0.15, 0.2) is 42.7 Å². The zero-order valence-electron chi connectivity index (χ0n) is 15.0. The molecule has 2 N–H and O–H groups in total. The van der Waals surface area contributed by atoms with Crippen LogP contribution < -0.4 is 5.32 Å². The first-order valence-corrected chi connectivity index (χ1v) is 9.44. The predicted octanol–water partition coefficient (Wildman–Crippen LogP) is 4.82. The minimum absolute atomic E-state index is 0.218. The molecule has 0 fully saturated rings. The van der Waals surface area contributed by atoms with Crippen LogP contribution in [0.4, 0.5) is 30.7 Å². The molecule has 1 unspecified atom stereocenters. The number of carbonyl (C=O) groups is 1. The van der Waals surface area contributed by atoms with Crippen LogP contribution in [0.3, 0.4) is 0 Å². The number of rotatable bonds is 8. The van der Waals surface area contributed by atoms with Crippen molar-refractivity contribution in [1.29, 1.82) is 0 Å². The monoisotopic (exact) mass is 456 g/mol. The topological polar surface area (TPSA) is 62.2 Å². The molecular weight excluding hydrogens is 441 g/mol. The number of alkyl halides is 6. The molecule has 0 aliphatic carbocycles. The number of aliphatic carboxylic acids is 1. The van der Waals surface area contributed by atoms with Crippen molar-refractivity contribution in [3.63, 3.8) is 0 Å². The fourth-order valence-corrected chi connectivity index (χ4v) is 3.57. The van der Waals surface area contributed by atoms with Crippen LogP contribution in [0.5, 0.6) is 0 Å². The largest absolute Gasteiger partial charge is 0.480 e. The molecule has 0 saturated carbocycles. The van der Waals surface area contributed by atoms with E-state index in [0.717, 1.165) is 42.7 Å². The maximum absolute atomic E-state index is 13.4. The van der Waals surface area contributed by atoms with Gasteiger partial charge >= 0.3 is 18.3 Å². The van der Waals surface area contributed by atoms with Crippen LogP contribution in [-0.2, 0) is 16.7 Å². The van der Waals surface area contributed by atoms with Gasteiger partial charge in [-0.1, -0.05) is 12.1 Å². The van der Waals surface area contributed by atoms with Crippen molar-refractivity contribution in [3.8, 4) is 0 Å². The molecule has 0 radical (unpaired) electrons. The molecule has 30 heavy (non-hydrogen) atoms. The lowest BCUT2D eigenvalue weighted by atomic mass is 10.1. The normalized spacial score (nSPS) is 14.4. The van der Waals surface area contributed by atoms with Gasteiger partial charge in [0.05, 0.1) is 5.56 Å². The second-order valence-corrected chi connectivity index (χ2v) is 7.16. The van der Waals surface area contributed by atoms with Crippen LogP contribution in [0.25, 0.3) is 0 Å². The molecule has 0 bridgehead atoms. The van der Waals surface area contributed by atoms with E-state index in [0.29, 0.717) is 11.8 Å². The summed E-state index contributed by atoms with van der Waals surface area (Å²) in [6.45, 7) is 0. The second kappa shape index (κ2) is 9.65. The summed E-state index contributed by atoms with van der Waals surface area (Å²) < 4.78 is 92.2. The average molecular weight is 456 g/mol. The van der Waals surface area contributed by atoms with E-state index in [4.69, 9.17) is 0 Å². The van der Waals surface area contributed by atoms with Crippen LogP contribution in [-0.4, -0.2) is 34.0 Å². The fourth-order valence-electron chi connectivity index (χ4n) is 2.53. The molecule has 1 heterocycles. The number of pyridine rings is 1. The summed E-state index contributed by atoms with van der Waals surface area (Å²) in [4.78, 5) is 15.0. The molecular formula is C18H15F7N2O2S. The van der Waals surface area contributed by atoms with E-state index in [1.54, 1.807) is 0 Å². The highest BCUT2D eigenvalue weighted by Gasteiger charge is 2.43. The number of halogens is 7. The lowest BCUT2D eigenvalue weighted by Crippen LogP contribution is -2.46. The van der Waals surface area contributed by atoms with Gasteiger partial charge in [-0.05, 0) is 29.3 Å². The third kappa shape index (κ3) is 6.59. The van der Waals surface area contributed by atoms with E-state index < -0.39 is 53.1 Å². The third-order valence-electron chi connectivity index (χ3n) is 3.95. The highest BCUT2D eigenvalue weighted by atomic mass is 32.2. The lowest BCUT2D eigenvalue weighted by Gasteiger charge is -2.26. The molecule has 1 aromatic carbocycles. The van der Waals surface area contributed by atoms with Crippen LogP contribution in [0.2, 0.25) is 0 Å². The minimum Gasteiger partial charge on any atom is -0.480 e. The zero-order chi connectivity index (χ0) is 22.5. The molecule has 2 aromatic rings. The number of benzene rings is 1. The summed E-state index contributed by atoms with van der Waals surface area (Å²) in [5.41, 5.74) is -1.57. The summed E-state index contributed by atoms with van der Waals surface area (Å²) in [7, 11) is 0. The molecule has 2 atom stereocenters. The van der Waals surface area contributed by atoms with Gasteiger partial charge in [-0.15, -0.1) is 0 Å². The Labute approximate surface area is 170 Å². The van der Waals surface area contributed by atoms with Crippen molar-refractivity contribution >= 4 is 17.7 Å². The van der Waals surface area contributed by atoms with Crippen molar-refractivity contribution in [2.75, 3.05) is 5.75 Å². The number of aromatic nitrogens is 1. The van der Waals surface area contributed by atoms with Gasteiger partial charge in [0.1, 0.15) is 17.9 Å². The van der Waals surface area contributed by atoms with Crippen LogP contribution >= 0.6 is 11.8 Å². The fraction of sp³-hybridized carbons (Fsp3) is 0.333. The predicted molar refractivity (Wildman–Crippen MR) is 95.2 cm³/mol. The smallest absolute Gasteiger partial charge is 0.416 e. The summed E-state index contributed by atoms with van der Waals surface area (Å²) in [5, 5.41) is 11.2. The number of carboxylic acid groups (broad SMARTS) is 1. The Bertz CT molecular complexity index is 857. The number of hydrogen-bond acceptors (Lipinski definition) is 4. The molecule has 1 aromatic heterocycles. The highest BCUT2D eigenvalue weighted by Crippen LogP contribution is 2.35. The van der Waals surface area contributed by atoms with Gasteiger partial charge < -0.3 is 5.11 Å². The van der Waals surface area contributed by atoms with Gasteiger partial charge in [0.25, 0.3) is 0 Å². The SMILES string of the molecule is O=C(O)C(CSCc1cnccc1C(F)(F)F)N[C@H](c1ccc(F)cc1)C(F)(F)F. The zero-order valence-corrected chi connectivity index (χ0v) is 15.8. The Hall–Kier alpha value is -2.34. The molecule has 0 saturated heterocycles. The third-order valence-corrected chi connectivity index (χ3v) is 5.03. The van der Waals surface area contributed by atoms with Crippen molar-refractivity contribution in [2.45, 2.75) is 30.2 Å². The number of thioether (sulfide) groups is 1. The van der Waals surface area contributed by atoms with Crippen molar-refractivity contribution < 1.29 is 40.6 Å². The first-order chi connectivity index (χ1) is 13.9. The minimum atomic E-state index is -4.89. The molecule has 0 spiro atoms. The van der Waals surface area contributed by atoms with Crippen LogP contribution in [0, 0.1) is 5.82 Å². The number of nitrogens with one attached hydrogen (secondary N) is 1. The van der Waals surface area contributed by atoms with E-state index in [9.17, 15) is 40.6 Å². The lowest BCUT2D eigenvalue weighted by molar-refractivity contribution is -0.162. The number of carboxylic acids is 1. The Morgan fingerprint density at radius 3 is 2.27 bits per heavy atom. The summed E-state index contributed by atoms with van der Waals surface area (Å²) in [6, 6.07) is -0.00316. The van der Waals surface area contributed by atoms with E-state index >= 15 is 0 Å². The van der Waals surface area contributed by atoms with Gasteiger partial charge in [0.2, 0.25) is 0 Å². The van der Waals surface area contributed by atoms with E-state index in [1.165, 1.54) is 0 Å². The second-order valence-electron chi connectivity index (χ2n) is 6.13. The quantitative estimate of drug-likeness (QED) is 0.558. The molecule has 2 rings (SSSR count). The molecule has 4 nitrogen and oxygen atoms in total. The van der Waals surface area contributed by atoms with Gasteiger partial charge in [-0.3, -0.25) is 15.1 Å². The Balaban J connectivity index is 2.12. The summed E-state index contributed by atoms with van der Waals surface area (Å²) >= 11 is 0.713. The summed E-state index contributed by atoms with van der Waals surface area (Å²) in [6.07, 6.45) is -7.61. The van der Waals surface area contributed by atoms with Crippen molar-refractivity contribution in [2.24, 2.45) is 0 Å². The Morgan fingerprint density at radius 2 is 1.73 bits per heavy atom. The van der Waals surface area contributed by atoms with E-state index in [2.05, 4.69) is 4.98 Å². The number of nitrogens with zero attached hydrogens (tertiary/aromatic N) is 1. The molecule has 12 heteroatoms. The van der Waals surface area contributed by atoms with Gasteiger partial charge in [-0.25, -0.2) is 4.39 Å². The van der Waals surface area contributed by atoms with E-state index in [-0.39, 0.29) is 11.3 Å². The molecule has 0 amide bonds. The summed E-state index contributed by atoms with van der Waals surface area (Å²) in [5.74, 6) is -3.13. The first kappa shape index (κ1) is 23.9. The Kier molecular flexibility index (Phi) is 7.70. The van der Waals surface area contributed by atoms with Crippen LogP contribution in [0.1, 0.15) is 22.7 Å². The standard InChI is InChI=1S/C18H15F7N2O2S/c19-12-3-1-10(2-4-12)15(18(23,24)25)27-14(16(28)29)9-30-8-11-7-26-6-5-13(11)17(20,21)22/h1-7,14-15,27H,8-9H2,(H,28,29)/t14?,15-/m1/s1.